The van der Waals surface area contributed by atoms with Crippen molar-refractivity contribution in [1.29, 1.82) is 0 Å². The third-order valence-corrected chi connectivity index (χ3v) is 7.18. The number of rotatable bonds is 21. The SMILES string of the molecule is CCCCCCCCCCCCCCCCCCc1ccc(C(=O)O)c(C(=O)O)c1C(C)CC. The van der Waals surface area contributed by atoms with E-state index in [9.17, 15) is 19.8 Å². The number of carboxylic acid groups (broad SMARTS) is 2. The summed E-state index contributed by atoms with van der Waals surface area (Å²) in [4.78, 5) is 23.4. The number of hydrogen-bond acceptors (Lipinski definition) is 2. The third-order valence-electron chi connectivity index (χ3n) is 7.18. The first-order valence-electron chi connectivity index (χ1n) is 14.1. The molecule has 0 amide bonds. The first-order chi connectivity index (χ1) is 16.4. The van der Waals surface area contributed by atoms with Crippen LogP contribution in [0.5, 0.6) is 0 Å². The van der Waals surface area contributed by atoms with E-state index < -0.39 is 11.9 Å². The van der Waals surface area contributed by atoms with Crippen molar-refractivity contribution >= 4 is 11.9 Å². The molecule has 1 rings (SSSR count). The van der Waals surface area contributed by atoms with Crippen LogP contribution in [0.15, 0.2) is 12.1 Å². The maximum Gasteiger partial charge on any atom is 0.336 e. The highest BCUT2D eigenvalue weighted by Gasteiger charge is 2.25. The molecule has 1 aromatic carbocycles. The Kier molecular flexibility index (Phi) is 16.4. The van der Waals surface area contributed by atoms with Crippen molar-refractivity contribution in [1.82, 2.24) is 0 Å². The van der Waals surface area contributed by atoms with Crippen molar-refractivity contribution < 1.29 is 19.8 Å². The molecule has 1 atom stereocenters. The minimum atomic E-state index is -1.17. The molecule has 0 aliphatic rings. The summed E-state index contributed by atoms with van der Waals surface area (Å²) in [6, 6.07) is 3.31. The summed E-state index contributed by atoms with van der Waals surface area (Å²) >= 11 is 0. The van der Waals surface area contributed by atoms with E-state index in [-0.39, 0.29) is 17.0 Å². The fourth-order valence-corrected chi connectivity index (χ4v) is 4.92. The largest absolute Gasteiger partial charge is 0.478 e. The fraction of sp³-hybridized carbons (Fsp3) is 0.733. The molecule has 0 fully saturated rings. The zero-order valence-electron chi connectivity index (χ0n) is 22.2. The number of hydrogen-bond donors (Lipinski definition) is 2. The van der Waals surface area contributed by atoms with Crippen LogP contribution < -0.4 is 0 Å². The minimum absolute atomic E-state index is 0.0177. The number of carboxylic acids is 2. The highest BCUT2D eigenvalue weighted by Crippen LogP contribution is 2.31. The molecule has 0 saturated heterocycles. The van der Waals surface area contributed by atoms with Gasteiger partial charge >= 0.3 is 11.9 Å². The molecule has 34 heavy (non-hydrogen) atoms. The van der Waals surface area contributed by atoms with Crippen LogP contribution in [0.2, 0.25) is 0 Å². The lowest BCUT2D eigenvalue weighted by molar-refractivity contribution is 0.0650. The van der Waals surface area contributed by atoms with Gasteiger partial charge in [0.15, 0.2) is 0 Å². The lowest BCUT2D eigenvalue weighted by Gasteiger charge is -2.19. The number of benzene rings is 1. The van der Waals surface area contributed by atoms with E-state index >= 15 is 0 Å². The van der Waals surface area contributed by atoms with Gasteiger partial charge in [-0.3, -0.25) is 0 Å². The third kappa shape index (κ3) is 11.5. The van der Waals surface area contributed by atoms with E-state index in [1.807, 2.05) is 19.9 Å². The van der Waals surface area contributed by atoms with E-state index in [2.05, 4.69) is 6.92 Å². The summed E-state index contributed by atoms with van der Waals surface area (Å²) < 4.78 is 0. The van der Waals surface area contributed by atoms with Crippen LogP contribution >= 0.6 is 0 Å². The fourth-order valence-electron chi connectivity index (χ4n) is 4.92. The summed E-state index contributed by atoms with van der Waals surface area (Å²) in [5.41, 5.74) is 1.60. The Hall–Kier alpha value is -1.84. The number of carbonyl (C=O) groups is 2. The van der Waals surface area contributed by atoms with Crippen molar-refractivity contribution in [2.75, 3.05) is 0 Å². The number of unbranched alkanes of at least 4 members (excludes halogenated alkanes) is 15. The van der Waals surface area contributed by atoms with Gasteiger partial charge < -0.3 is 10.2 Å². The topological polar surface area (TPSA) is 74.6 Å². The van der Waals surface area contributed by atoms with E-state index in [1.54, 1.807) is 0 Å². The molecular weight excluding hydrogens is 424 g/mol. The molecule has 4 heteroatoms. The number of aromatic carboxylic acids is 2. The van der Waals surface area contributed by atoms with Crippen LogP contribution in [0.1, 0.15) is 168 Å². The lowest BCUT2D eigenvalue weighted by Crippen LogP contribution is -2.15. The molecule has 1 aromatic rings. The molecule has 0 aliphatic carbocycles. The summed E-state index contributed by atoms with van der Waals surface area (Å²) in [6.07, 6.45) is 22.8. The van der Waals surface area contributed by atoms with E-state index in [0.29, 0.717) is 0 Å². The molecule has 1 unspecified atom stereocenters. The monoisotopic (exact) mass is 474 g/mol. The highest BCUT2D eigenvalue weighted by atomic mass is 16.4. The predicted octanol–water partition coefficient (Wildman–Crippen LogP) is 9.40. The molecule has 0 aliphatic heterocycles. The standard InChI is InChI=1S/C30H50O4/c1-4-6-7-8-9-10-11-12-13-14-15-16-17-18-19-20-21-25-22-23-26(29(31)32)28(30(33)34)27(25)24(3)5-2/h22-24H,4-21H2,1-3H3,(H,31,32)(H,33,34). The zero-order valence-corrected chi connectivity index (χ0v) is 22.2. The Bertz CT molecular complexity index is 710. The van der Waals surface area contributed by atoms with Crippen molar-refractivity contribution in [3.8, 4) is 0 Å². The lowest BCUT2D eigenvalue weighted by atomic mass is 9.84. The van der Waals surface area contributed by atoms with Gasteiger partial charge in [-0.05, 0) is 42.4 Å². The predicted molar refractivity (Wildman–Crippen MR) is 142 cm³/mol. The quantitative estimate of drug-likeness (QED) is 0.174. The second-order valence-corrected chi connectivity index (χ2v) is 10.0. The van der Waals surface area contributed by atoms with Gasteiger partial charge in [0.1, 0.15) is 0 Å². The molecule has 0 radical (unpaired) electrons. The van der Waals surface area contributed by atoms with Crippen LogP contribution in [0.3, 0.4) is 0 Å². The highest BCUT2D eigenvalue weighted by molar-refractivity contribution is 6.03. The maximum absolute atomic E-state index is 11.9. The van der Waals surface area contributed by atoms with Gasteiger partial charge in [0, 0.05) is 0 Å². The second kappa shape index (κ2) is 18.5. The van der Waals surface area contributed by atoms with Gasteiger partial charge in [0.25, 0.3) is 0 Å². The molecule has 0 spiro atoms. The Balaban J connectivity index is 2.26. The van der Waals surface area contributed by atoms with Gasteiger partial charge in [0.05, 0.1) is 11.1 Å². The number of aryl methyl sites for hydroxylation is 1. The molecule has 194 valence electrons. The van der Waals surface area contributed by atoms with Crippen molar-refractivity contribution in [2.24, 2.45) is 0 Å². The van der Waals surface area contributed by atoms with E-state index in [4.69, 9.17) is 0 Å². The Morgan fingerprint density at radius 3 is 1.50 bits per heavy atom. The molecule has 0 aromatic heterocycles. The van der Waals surface area contributed by atoms with E-state index in [1.165, 1.54) is 96.0 Å². The summed E-state index contributed by atoms with van der Waals surface area (Å²) in [7, 11) is 0. The van der Waals surface area contributed by atoms with Crippen molar-refractivity contribution in [3.63, 3.8) is 0 Å². The summed E-state index contributed by atoms with van der Waals surface area (Å²) in [5, 5.41) is 19.2. The minimum Gasteiger partial charge on any atom is -0.478 e. The van der Waals surface area contributed by atoms with Gasteiger partial charge in [-0.2, -0.15) is 0 Å². The van der Waals surface area contributed by atoms with E-state index in [0.717, 1.165) is 36.8 Å². The van der Waals surface area contributed by atoms with Gasteiger partial charge in [-0.15, -0.1) is 0 Å². The van der Waals surface area contributed by atoms with Gasteiger partial charge in [-0.1, -0.05) is 123 Å². The molecule has 0 bridgehead atoms. The Labute approximate surface area is 208 Å². The average molecular weight is 475 g/mol. The maximum atomic E-state index is 11.9. The molecule has 4 nitrogen and oxygen atoms in total. The Morgan fingerprint density at radius 1 is 0.676 bits per heavy atom. The zero-order chi connectivity index (χ0) is 25.2. The molecule has 2 N–H and O–H groups in total. The van der Waals surface area contributed by atoms with Crippen LogP contribution in [0.4, 0.5) is 0 Å². The van der Waals surface area contributed by atoms with Gasteiger partial charge in [0.2, 0.25) is 0 Å². The molecule has 0 heterocycles. The van der Waals surface area contributed by atoms with Crippen LogP contribution in [0, 0.1) is 0 Å². The van der Waals surface area contributed by atoms with Crippen LogP contribution in [0.25, 0.3) is 0 Å². The summed E-state index contributed by atoms with van der Waals surface area (Å²) in [6.45, 7) is 6.28. The average Bonchev–Trinajstić information content (AvgIpc) is 2.82. The smallest absolute Gasteiger partial charge is 0.336 e. The van der Waals surface area contributed by atoms with Crippen LogP contribution in [-0.4, -0.2) is 22.2 Å². The second-order valence-electron chi connectivity index (χ2n) is 10.0. The van der Waals surface area contributed by atoms with Crippen LogP contribution in [-0.2, 0) is 6.42 Å². The first-order valence-corrected chi connectivity index (χ1v) is 14.1. The normalized spacial score (nSPS) is 12.1. The van der Waals surface area contributed by atoms with Crippen molar-refractivity contribution in [2.45, 2.75) is 142 Å². The molecular formula is C30H50O4. The first kappa shape index (κ1) is 30.2. The summed E-state index contributed by atoms with van der Waals surface area (Å²) in [5.74, 6) is -2.28. The Morgan fingerprint density at radius 2 is 1.12 bits per heavy atom. The van der Waals surface area contributed by atoms with Crippen molar-refractivity contribution in [3.05, 3.63) is 34.4 Å². The molecule has 0 saturated carbocycles. The van der Waals surface area contributed by atoms with Gasteiger partial charge in [-0.25, -0.2) is 9.59 Å².